The number of hydrogen-bond donors (Lipinski definition) is 2. The Bertz CT molecular complexity index is 567. The Morgan fingerprint density at radius 3 is 1.77 bits per heavy atom. The summed E-state index contributed by atoms with van der Waals surface area (Å²) < 4.78 is 5.08. The third-order valence-corrected chi connectivity index (χ3v) is 4.45. The first-order valence-electron chi connectivity index (χ1n) is 7.42. The Labute approximate surface area is 133 Å². The largest absolute Gasteiger partial charge is 0.328 e. The van der Waals surface area contributed by atoms with Crippen LogP contribution < -0.4 is 0 Å². The molecule has 118 valence electrons. The van der Waals surface area contributed by atoms with Crippen molar-refractivity contribution in [3.8, 4) is 0 Å². The molecule has 22 heavy (non-hydrogen) atoms. The summed E-state index contributed by atoms with van der Waals surface area (Å²) in [5.41, 5.74) is 4.98. The van der Waals surface area contributed by atoms with Crippen LogP contribution in [0.25, 0.3) is 0 Å². The summed E-state index contributed by atoms with van der Waals surface area (Å²) in [6.45, 7) is 6.62. The zero-order chi connectivity index (χ0) is 16.1. The maximum atomic E-state index is 9.03. The number of rotatable bonds is 6. The maximum Gasteiger partial charge on any atom is 0.327 e. The molecule has 2 rings (SSSR count). The summed E-state index contributed by atoms with van der Waals surface area (Å²) >= 11 is 0. The number of benzene rings is 2. The highest BCUT2D eigenvalue weighted by atomic mass is 31.2. The van der Waals surface area contributed by atoms with Crippen LogP contribution in [0.5, 0.6) is 0 Å². The first-order valence-corrected chi connectivity index (χ1v) is 8.59. The Kier molecular flexibility index (Phi) is 6.10. The highest BCUT2D eigenvalue weighted by Crippen LogP contribution is 2.37. The first kappa shape index (κ1) is 17.1. The van der Waals surface area contributed by atoms with Crippen molar-refractivity contribution in [2.75, 3.05) is 6.61 Å². The normalized spacial score (nSPS) is 12.9. The van der Waals surface area contributed by atoms with Crippen molar-refractivity contribution in [1.29, 1.82) is 0 Å². The summed E-state index contributed by atoms with van der Waals surface area (Å²) in [5.74, 6) is 0.295. The van der Waals surface area contributed by atoms with Gasteiger partial charge in [0.15, 0.2) is 0 Å². The van der Waals surface area contributed by atoms with Gasteiger partial charge in [0.1, 0.15) is 0 Å². The SMILES string of the molecule is Cc1ccccc1C(c1ccccc1C)C(C)COP(O)O. The topological polar surface area (TPSA) is 49.7 Å². The lowest BCUT2D eigenvalue weighted by Crippen LogP contribution is -2.18. The fourth-order valence-corrected chi connectivity index (χ4v) is 3.30. The van der Waals surface area contributed by atoms with Crippen LogP contribution in [-0.4, -0.2) is 16.4 Å². The Morgan fingerprint density at radius 1 is 0.909 bits per heavy atom. The molecule has 2 aromatic rings. The molecular weight excluding hydrogens is 295 g/mol. The van der Waals surface area contributed by atoms with Gasteiger partial charge in [-0.3, -0.25) is 0 Å². The van der Waals surface area contributed by atoms with E-state index < -0.39 is 8.60 Å². The van der Waals surface area contributed by atoms with E-state index >= 15 is 0 Å². The average molecular weight is 318 g/mol. The van der Waals surface area contributed by atoms with Gasteiger partial charge in [0.2, 0.25) is 0 Å². The van der Waals surface area contributed by atoms with Crippen molar-refractivity contribution in [1.82, 2.24) is 0 Å². The molecule has 1 atom stereocenters. The lowest BCUT2D eigenvalue weighted by atomic mass is 9.79. The zero-order valence-electron chi connectivity index (χ0n) is 13.2. The molecule has 3 nitrogen and oxygen atoms in total. The zero-order valence-corrected chi connectivity index (χ0v) is 14.1. The van der Waals surface area contributed by atoms with Crippen molar-refractivity contribution in [2.24, 2.45) is 5.92 Å². The molecule has 0 saturated carbocycles. The molecule has 0 heterocycles. The highest BCUT2D eigenvalue weighted by Gasteiger charge is 2.25. The van der Waals surface area contributed by atoms with E-state index in [4.69, 9.17) is 14.3 Å². The second-order valence-electron chi connectivity index (χ2n) is 5.72. The predicted molar refractivity (Wildman–Crippen MR) is 90.7 cm³/mol. The lowest BCUT2D eigenvalue weighted by molar-refractivity contribution is 0.210. The Balaban J connectivity index is 2.41. The van der Waals surface area contributed by atoms with Crippen LogP contribution in [-0.2, 0) is 4.52 Å². The van der Waals surface area contributed by atoms with Gasteiger partial charge < -0.3 is 14.3 Å². The fraction of sp³-hybridized carbons (Fsp3) is 0.333. The molecule has 0 aromatic heterocycles. The van der Waals surface area contributed by atoms with Gasteiger partial charge in [-0.05, 0) is 42.0 Å². The molecule has 0 saturated heterocycles. The van der Waals surface area contributed by atoms with E-state index in [9.17, 15) is 0 Å². The summed E-state index contributed by atoms with van der Waals surface area (Å²) in [4.78, 5) is 18.1. The van der Waals surface area contributed by atoms with E-state index in [0.29, 0.717) is 6.61 Å². The molecule has 2 aromatic carbocycles. The average Bonchev–Trinajstić information content (AvgIpc) is 2.49. The monoisotopic (exact) mass is 318 g/mol. The molecule has 0 radical (unpaired) electrons. The summed E-state index contributed by atoms with van der Waals surface area (Å²) in [7, 11) is -2.31. The van der Waals surface area contributed by atoms with Crippen molar-refractivity contribution < 1.29 is 14.3 Å². The van der Waals surface area contributed by atoms with Crippen molar-refractivity contribution in [3.63, 3.8) is 0 Å². The molecule has 0 bridgehead atoms. The maximum absolute atomic E-state index is 9.03. The van der Waals surface area contributed by atoms with Gasteiger partial charge in [0.25, 0.3) is 0 Å². The molecule has 0 aliphatic carbocycles. The van der Waals surface area contributed by atoms with Gasteiger partial charge >= 0.3 is 8.60 Å². The molecule has 0 aliphatic heterocycles. The van der Waals surface area contributed by atoms with Gasteiger partial charge in [-0.2, -0.15) is 0 Å². The van der Waals surface area contributed by atoms with E-state index in [1.165, 1.54) is 22.3 Å². The van der Waals surface area contributed by atoms with Crippen LogP contribution in [0, 0.1) is 19.8 Å². The molecule has 0 fully saturated rings. The number of hydrogen-bond acceptors (Lipinski definition) is 3. The Hall–Kier alpha value is -1.25. The minimum atomic E-state index is -2.31. The van der Waals surface area contributed by atoms with Gasteiger partial charge in [-0.1, -0.05) is 55.5 Å². The van der Waals surface area contributed by atoms with Crippen molar-refractivity contribution >= 4 is 8.60 Å². The minimum Gasteiger partial charge on any atom is -0.328 e. The standard InChI is InChI=1S/C18H23O3P/c1-13-8-4-6-10-16(13)18(15(3)12-21-22(19)20)17-11-7-5-9-14(17)2/h4-11,15,18-20H,12H2,1-3H3. The van der Waals surface area contributed by atoms with Crippen LogP contribution in [0.3, 0.4) is 0 Å². The summed E-state index contributed by atoms with van der Waals surface area (Å²) in [6.07, 6.45) is 0. The molecular formula is C18H23O3P. The van der Waals surface area contributed by atoms with Crippen molar-refractivity contribution in [2.45, 2.75) is 26.7 Å². The van der Waals surface area contributed by atoms with E-state index in [1.54, 1.807) is 0 Å². The van der Waals surface area contributed by atoms with Gasteiger partial charge in [0, 0.05) is 5.92 Å². The van der Waals surface area contributed by atoms with Crippen LogP contribution >= 0.6 is 8.60 Å². The number of aryl methyl sites for hydroxylation is 2. The molecule has 0 amide bonds. The quantitative estimate of drug-likeness (QED) is 0.781. The van der Waals surface area contributed by atoms with Gasteiger partial charge in [-0.25, -0.2) is 0 Å². The van der Waals surface area contributed by atoms with Crippen LogP contribution in [0.1, 0.15) is 35.1 Å². The van der Waals surface area contributed by atoms with Gasteiger partial charge in [-0.15, -0.1) is 0 Å². The second kappa shape index (κ2) is 7.85. The summed E-state index contributed by atoms with van der Waals surface area (Å²) in [6, 6.07) is 16.7. The third-order valence-electron chi connectivity index (χ3n) is 4.07. The molecule has 1 unspecified atom stereocenters. The second-order valence-corrected chi connectivity index (χ2v) is 6.48. The van der Waals surface area contributed by atoms with E-state index in [0.717, 1.165) is 0 Å². The summed E-state index contributed by atoms with van der Waals surface area (Å²) in [5, 5.41) is 0. The minimum absolute atomic E-state index is 0.131. The molecule has 0 aliphatic rings. The fourth-order valence-electron chi connectivity index (χ4n) is 2.93. The molecule has 4 heteroatoms. The van der Waals surface area contributed by atoms with Crippen LogP contribution in [0.2, 0.25) is 0 Å². The first-order chi connectivity index (χ1) is 10.5. The smallest absolute Gasteiger partial charge is 0.327 e. The van der Waals surface area contributed by atoms with Crippen LogP contribution in [0.4, 0.5) is 0 Å². The third kappa shape index (κ3) is 4.15. The van der Waals surface area contributed by atoms with Crippen LogP contribution in [0.15, 0.2) is 48.5 Å². The van der Waals surface area contributed by atoms with E-state index in [2.05, 4.69) is 45.0 Å². The van der Waals surface area contributed by atoms with Crippen molar-refractivity contribution in [3.05, 3.63) is 70.8 Å². The predicted octanol–water partition coefficient (Wildman–Crippen LogP) is 4.30. The molecule has 0 spiro atoms. The Morgan fingerprint density at radius 2 is 1.36 bits per heavy atom. The van der Waals surface area contributed by atoms with Gasteiger partial charge in [0.05, 0.1) is 6.61 Å². The lowest BCUT2D eigenvalue weighted by Gasteiger charge is -2.27. The van der Waals surface area contributed by atoms with E-state index in [-0.39, 0.29) is 11.8 Å². The highest BCUT2D eigenvalue weighted by molar-refractivity contribution is 7.39. The molecule has 2 N–H and O–H groups in total. The van der Waals surface area contributed by atoms with E-state index in [1.807, 2.05) is 24.3 Å².